The van der Waals surface area contributed by atoms with Gasteiger partial charge in [-0.1, -0.05) is 69.1 Å². The summed E-state index contributed by atoms with van der Waals surface area (Å²) in [6.45, 7) is 13.4. The van der Waals surface area contributed by atoms with Crippen molar-refractivity contribution in [3.63, 3.8) is 0 Å². The van der Waals surface area contributed by atoms with Crippen LogP contribution in [0.4, 0.5) is 0 Å². The molecular formula is C25H40N2O. The van der Waals surface area contributed by atoms with Gasteiger partial charge in [0.1, 0.15) is 6.04 Å². The molecule has 0 amide bonds. The fraction of sp³-hybridized carbons (Fsp3) is 0.640. The number of ether oxygens (including phenoxy) is 1. The van der Waals surface area contributed by atoms with Crippen molar-refractivity contribution < 1.29 is 4.74 Å². The third-order valence-electron chi connectivity index (χ3n) is 5.34. The number of rotatable bonds is 14. The Labute approximate surface area is 173 Å². The van der Waals surface area contributed by atoms with Crippen LogP contribution < -0.4 is 5.32 Å². The highest BCUT2D eigenvalue weighted by molar-refractivity contribution is 5.28. The Morgan fingerprint density at radius 2 is 2.00 bits per heavy atom. The van der Waals surface area contributed by atoms with Gasteiger partial charge in [-0.15, -0.1) is 0 Å². The maximum atomic E-state index is 9.70. The summed E-state index contributed by atoms with van der Waals surface area (Å²) >= 11 is 0. The number of allylic oxidation sites excluding steroid dienone is 5. The lowest BCUT2D eigenvalue weighted by atomic mass is 9.88. The first-order chi connectivity index (χ1) is 13.5. The summed E-state index contributed by atoms with van der Waals surface area (Å²) in [6, 6.07) is 2.15. The van der Waals surface area contributed by atoms with Gasteiger partial charge in [0.25, 0.3) is 0 Å². The number of unbranched alkanes of at least 4 members (excludes halogenated alkanes) is 3. The van der Waals surface area contributed by atoms with Gasteiger partial charge < -0.3 is 10.1 Å². The lowest BCUT2D eigenvalue weighted by molar-refractivity contribution is 0.0652. The minimum absolute atomic E-state index is 0.0712. The van der Waals surface area contributed by atoms with Crippen LogP contribution in [0.25, 0.3) is 0 Å². The standard InChI is InChI=1S/C25H40N2O/c1-6-9-10-11-17-28-24(8-3)25(22-13-12-14-22)27-23(19-26)18-21(5)16-15-20(4)7-2/h7,15-16,23-24,27H,5-6,8-14,17-18H2,1-4H3/b16-15-,20-7-. The predicted molar refractivity (Wildman–Crippen MR) is 120 cm³/mol. The lowest BCUT2D eigenvalue weighted by Gasteiger charge is -2.30. The zero-order valence-electron chi connectivity index (χ0n) is 18.5. The molecule has 156 valence electrons. The fourth-order valence-corrected chi connectivity index (χ4v) is 3.20. The minimum atomic E-state index is -0.274. The van der Waals surface area contributed by atoms with E-state index in [4.69, 9.17) is 4.74 Å². The molecule has 3 heteroatoms. The van der Waals surface area contributed by atoms with E-state index in [0.29, 0.717) is 6.42 Å². The summed E-state index contributed by atoms with van der Waals surface area (Å²) < 4.78 is 6.23. The van der Waals surface area contributed by atoms with Crippen LogP contribution in [0.5, 0.6) is 0 Å². The van der Waals surface area contributed by atoms with Crippen molar-refractivity contribution in [2.45, 2.75) is 97.6 Å². The largest absolute Gasteiger partial charge is 0.372 e. The Morgan fingerprint density at radius 1 is 1.25 bits per heavy atom. The lowest BCUT2D eigenvalue weighted by Crippen LogP contribution is -2.36. The molecule has 0 aromatic rings. The third kappa shape index (κ3) is 8.93. The Morgan fingerprint density at radius 3 is 2.54 bits per heavy atom. The number of nitrogens with one attached hydrogen (secondary N) is 1. The van der Waals surface area contributed by atoms with Gasteiger partial charge in [0, 0.05) is 18.7 Å². The van der Waals surface area contributed by atoms with Crippen LogP contribution in [0.1, 0.15) is 85.5 Å². The summed E-state index contributed by atoms with van der Waals surface area (Å²) in [7, 11) is 0. The molecule has 1 N–H and O–H groups in total. The molecule has 2 unspecified atom stereocenters. The molecule has 1 rings (SSSR count). The molecular weight excluding hydrogens is 344 g/mol. The van der Waals surface area contributed by atoms with Crippen molar-refractivity contribution in [1.82, 2.24) is 5.32 Å². The third-order valence-corrected chi connectivity index (χ3v) is 5.34. The number of hydrogen-bond acceptors (Lipinski definition) is 3. The summed E-state index contributed by atoms with van der Waals surface area (Å²) in [5.74, 6) is 0. The molecule has 0 saturated heterocycles. The van der Waals surface area contributed by atoms with Crippen LogP contribution >= 0.6 is 0 Å². The molecule has 0 aromatic heterocycles. The summed E-state index contributed by atoms with van der Waals surface area (Å²) in [5.41, 5.74) is 4.76. The van der Waals surface area contributed by atoms with Crippen molar-refractivity contribution in [2.75, 3.05) is 6.61 Å². The topological polar surface area (TPSA) is 45.0 Å². The van der Waals surface area contributed by atoms with Crippen molar-refractivity contribution in [3.05, 3.63) is 47.2 Å². The number of nitriles is 1. The van der Waals surface area contributed by atoms with Gasteiger partial charge in [0.2, 0.25) is 0 Å². The van der Waals surface area contributed by atoms with Crippen LogP contribution in [0.3, 0.4) is 0 Å². The average molecular weight is 385 g/mol. The predicted octanol–water partition coefficient (Wildman–Crippen LogP) is 6.75. The molecule has 1 aliphatic rings. The molecule has 3 nitrogen and oxygen atoms in total. The van der Waals surface area contributed by atoms with E-state index in [0.717, 1.165) is 43.6 Å². The van der Waals surface area contributed by atoms with E-state index in [1.165, 1.54) is 36.8 Å². The summed E-state index contributed by atoms with van der Waals surface area (Å²) in [6.07, 6.45) is 16.1. The molecule has 0 radical (unpaired) electrons. The van der Waals surface area contributed by atoms with Gasteiger partial charge in [-0.2, -0.15) is 5.26 Å². The van der Waals surface area contributed by atoms with Gasteiger partial charge in [-0.3, -0.25) is 0 Å². The molecule has 0 heterocycles. The van der Waals surface area contributed by atoms with E-state index < -0.39 is 0 Å². The van der Waals surface area contributed by atoms with Gasteiger partial charge in [0.05, 0.1) is 12.2 Å². The second-order valence-corrected chi connectivity index (χ2v) is 7.75. The molecule has 0 bridgehead atoms. The molecule has 1 fully saturated rings. The van der Waals surface area contributed by atoms with E-state index in [1.807, 2.05) is 13.0 Å². The minimum Gasteiger partial charge on any atom is -0.372 e. The van der Waals surface area contributed by atoms with E-state index in [1.54, 1.807) is 0 Å². The van der Waals surface area contributed by atoms with Crippen LogP contribution in [-0.4, -0.2) is 18.8 Å². The molecule has 2 atom stereocenters. The quantitative estimate of drug-likeness (QED) is 0.266. The zero-order chi connectivity index (χ0) is 20.8. The summed E-state index contributed by atoms with van der Waals surface area (Å²) in [5, 5.41) is 13.2. The Bertz CT molecular complexity index is 601. The Kier molecular flexibility index (Phi) is 12.3. The maximum Gasteiger partial charge on any atom is 0.118 e. The first-order valence-corrected chi connectivity index (χ1v) is 11.0. The second-order valence-electron chi connectivity index (χ2n) is 7.75. The van der Waals surface area contributed by atoms with Crippen molar-refractivity contribution in [1.29, 1.82) is 5.26 Å². The number of hydrogen-bond donors (Lipinski definition) is 1. The SMILES string of the molecule is C=C(/C=C\C(C)=C/C)CC(C#N)NC(=C1CCC1)C(CC)OCCCCCC. The highest BCUT2D eigenvalue weighted by atomic mass is 16.5. The molecule has 1 aliphatic carbocycles. The normalized spacial score (nSPS) is 16.4. The highest BCUT2D eigenvalue weighted by Crippen LogP contribution is 2.31. The van der Waals surface area contributed by atoms with Gasteiger partial charge in [0.15, 0.2) is 0 Å². The Balaban J connectivity index is 2.71. The van der Waals surface area contributed by atoms with Crippen LogP contribution in [-0.2, 0) is 4.74 Å². The van der Waals surface area contributed by atoms with Gasteiger partial charge in [-0.25, -0.2) is 0 Å². The van der Waals surface area contributed by atoms with Gasteiger partial charge in [-0.05, 0) is 51.5 Å². The molecule has 0 aliphatic heterocycles. The van der Waals surface area contributed by atoms with Crippen molar-refractivity contribution in [2.24, 2.45) is 0 Å². The number of nitrogens with zero attached hydrogens (tertiary/aromatic N) is 1. The molecule has 28 heavy (non-hydrogen) atoms. The highest BCUT2D eigenvalue weighted by Gasteiger charge is 2.24. The fourth-order valence-electron chi connectivity index (χ4n) is 3.20. The monoisotopic (exact) mass is 384 g/mol. The van der Waals surface area contributed by atoms with E-state index in [9.17, 15) is 5.26 Å². The first-order valence-electron chi connectivity index (χ1n) is 11.0. The van der Waals surface area contributed by atoms with Crippen molar-refractivity contribution in [3.8, 4) is 6.07 Å². The summed E-state index contributed by atoms with van der Waals surface area (Å²) in [4.78, 5) is 0. The molecule has 0 aromatic carbocycles. The average Bonchev–Trinajstić information content (AvgIpc) is 2.66. The van der Waals surface area contributed by atoms with Crippen molar-refractivity contribution >= 4 is 0 Å². The van der Waals surface area contributed by atoms with Crippen LogP contribution in [0.15, 0.2) is 47.2 Å². The molecule has 1 saturated carbocycles. The smallest absolute Gasteiger partial charge is 0.118 e. The van der Waals surface area contributed by atoms with Crippen LogP contribution in [0.2, 0.25) is 0 Å². The first kappa shape index (κ1) is 24.2. The second kappa shape index (κ2) is 14.2. The van der Waals surface area contributed by atoms with E-state index >= 15 is 0 Å². The maximum absolute atomic E-state index is 9.70. The molecule has 0 spiro atoms. The van der Waals surface area contributed by atoms with Crippen LogP contribution in [0, 0.1) is 11.3 Å². The van der Waals surface area contributed by atoms with Gasteiger partial charge >= 0.3 is 0 Å². The zero-order valence-corrected chi connectivity index (χ0v) is 18.5. The van der Waals surface area contributed by atoms with E-state index in [2.05, 4.69) is 50.9 Å². The Hall–Kier alpha value is -1.79. The van der Waals surface area contributed by atoms with E-state index in [-0.39, 0.29) is 12.1 Å².